The second-order valence-electron chi connectivity index (χ2n) is 12.0. The summed E-state index contributed by atoms with van der Waals surface area (Å²) in [5.41, 5.74) is 0.520. The van der Waals surface area contributed by atoms with E-state index >= 15 is 0 Å². The van der Waals surface area contributed by atoms with Gasteiger partial charge in [-0.1, -0.05) is 0 Å². The average molecular weight is 484 g/mol. The second-order valence-corrected chi connectivity index (χ2v) is 23.8. The Hall–Kier alpha value is -0.157. The monoisotopic (exact) mass is 482 g/mol. The van der Waals surface area contributed by atoms with Crippen LogP contribution in [-0.2, 0) is 20.3 Å². The fourth-order valence-electron chi connectivity index (χ4n) is 9.40. The van der Waals surface area contributed by atoms with E-state index in [1.54, 1.807) is 8.26 Å². The van der Waals surface area contributed by atoms with E-state index in [0.717, 1.165) is 42.8 Å². The summed E-state index contributed by atoms with van der Waals surface area (Å²) >= 11 is -2.49. The van der Waals surface area contributed by atoms with Crippen LogP contribution >= 0.6 is 0 Å². The first-order valence-electron chi connectivity index (χ1n) is 13.2. The Morgan fingerprint density at radius 3 is 1.57 bits per heavy atom. The van der Waals surface area contributed by atoms with E-state index in [1.165, 1.54) is 38.5 Å². The Balaban J connectivity index is 1.66. The fraction of sp³-hybridized carbons (Fsp3) is 0.724. The van der Waals surface area contributed by atoms with Crippen LogP contribution in [0.5, 0.6) is 0 Å². The van der Waals surface area contributed by atoms with E-state index in [-0.39, 0.29) is 0 Å². The number of hydrogen-bond donors (Lipinski definition) is 0. The molecule has 0 spiro atoms. The molecule has 1 heterocycles. The zero-order chi connectivity index (χ0) is 20.9. The Kier molecular flexibility index (Phi) is 6.01. The van der Waals surface area contributed by atoms with Gasteiger partial charge in [0.2, 0.25) is 0 Å². The quantitative estimate of drug-likeness (QED) is 0.353. The van der Waals surface area contributed by atoms with Crippen molar-refractivity contribution in [1.29, 1.82) is 0 Å². The molecule has 2 saturated carbocycles. The SMILES string of the molecule is CCC[CH2][Zr]1([CH2]CCC)[CH]2C3C=CC=CC3CC2C(C)(C)C2CC3C=CC=CC3[CH]21. The molecule has 0 radical (unpaired) electrons. The third-order valence-electron chi connectivity index (χ3n) is 10.6. The van der Waals surface area contributed by atoms with E-state index in [0.29, 0.717) is 5.41 Å². The second kappa shape index (κ2) is 8.32. The normalized spacial score (nSPS) is 43.9. The van der Waals surface area contributed by atoms with Crippen LogP contribution in [0.2, 0.25) is 15.5 Å². The molecule has 3 fully saturated rings. The summed E-state index contributed by atoms with van der Waals surface area (Å²) in [6.07, 6.45) is 29.0. The number of allylic oxidation sites excluding steroid dienone is 8. The van der Waals surface area contributed by atoms with Crippen molar-refractivity contribution in [3.05, 3.63) is 48.6 Å². The van der Waals surface area contributed by atoms with Gasteiger partial charge in [-0.2, -0.15) is 0 Å². The molecule has 1 saturated heterocycles. The minimum atomic E-state index is -2.49. The molecule has 5 aliphatic rings. The van der Waals surface area contributed by atoms with Crippen molar-refractivity contribution in [2.45, 2.75) is 81.7 Å². The molecule has 0 bridgehead atoms. The number of unbranched alkanes of at least 4 members (excludes halogenated alkanes) is 2. The molecule has 0 N–H and O–H groups in total. The molecule has 0 aromatic heterocycles. The van der Waals surface area contributed by atoms with E-state index in [1.807, 2.05) is 0 Å². The van der Waals surface area contributed by atoms with E-state index in [4.69, 9.17) is 0 Å². The molecule has 30 heavy (non-hydrogen) atoms. The molecular weight excluding hydrogens is 440 g/mol. The summed E-state index contributed by atoms with van der Waals surface area (Å²) in [5.74, 6) is 5.43. The first-order chi connectivity index (χ1) is 14.5. The van der Waals surface area contributed by atoms with Gasteiger partial charge >= 0.3 is 192 Å². The molecule has 8 unspecified atom stereocenters. The summed E-state index contributed by atoms with van der Waals surface area (Å²) < 4.78 is 5.56. The molecule has 4 aliphatic carbocycles. The van der Waals surface area contributed by atoms with Gasteiger partial charge in [-0.15, -0.1) is 0 Å². The zero-order valence-electron chi connectivity index (χ0n) is 19.9. The van der Waals surface area contributed by atoms with Gasteiger partial charge in [0, 0.05) is 0 Å². The summed E-state index contributed by atoms with van der Waals surface area (Å²) in [6.45, 7) is 10.3. The summed E-state index contributed by atoms with van der Waals surface area (Å²) in [7, 11) is 0. The van der Waals surface area contributed by atoms with Crippen molar-refractivity contribution in [2.75, 3.05) is 0 Å². The van der Waals surface area contributed by atoms with Crippen LogP contribution in [0.4, 0.5) is 0 Å². The molecule has 0 aromatic rings. The van der Waals surface area contributed by atoms with E-state index < -0.39 is 20.3 Å². The Bertz CT molecular complexity index is 690. The molecule has 1 aliphatic heterocycles. The van der Waals surface area contributed by atoms with Crippen LogP contribution < -0.4 is 0 Å². The zero-order valence-corrected chi connectivity index (χ0v) is 22.4. The minimum absolute atomic E-state index is 0.520. The van der Waals surface area contributed by atoms with Crippen molar-refractivity contribution in [1.82, 2.24) is 0 Å². The number of rotatable bonds is 6. The first-order valence-corrected chi connectivity index (χ1v) is 19.6. The molecule has 1 heteroatoms. The number of hydrogen-bond acceptors (Lipinski definition) is 0. The number of fused-ring (bicyclic) bond motifs is 6. The van der Waals surface area contributed by atoms with Gasteiger partial charge in [0.05, 0.1) is 0 Å². The summed E-state index contributed by atoms with van der Waals surface area (Å²) in [5, 5.41) is 0. The predicted molar refractivity (Wildman–Crippen MR) is 127 cm³/mol. The molecule has 8 atom stereocenters. The van der Waals surface area contributed by atoms with Crippen molar-refractivity contribution < 1.29 is 20.3 Å². The maximum atomic E-state index is 2.72. The topological polar surface area (TPSA) is 0 Å². The van der Waals surface area contributed by atoms with Crippen LogP contribution in [-0.4, -0.2) is 0 Å². The van der Waals surface area contributed by atoms with Gasteiger partial charge in [-0.05, 0) is 0 Å². The van der Waals surface area contributed by atoms with E-state index in [9.17, 15) is 0 Å². The van der Waals surface area contributed by atoms with Gasteiger partial charge in [0.15, 0.2) is 0 Å². The van der Waals surface area contributed by atoms with Gasteiger partial charge < -0.3 is 0 Å². The van der Waals surface area contributed by atoms with Crippen LogP contribution in [0.25, 0.3) is 0 Å². The van der Waals surface area contributed by atoms with Crippen LogP contribution in [0.3, 0.4) is 0 Å². The first kappa shape index (κ1) is 21.7. The van der Waals surface area contributed by atoms with Crippen molar-refractivity contribution in [3.63, 3.8) is 0 Å². The van der Waals surface area contributed by atoms with Crippen LogP contribution in [0.15, 0.2) is 48.6 Å². The van der Waals surface area contributed by atoms with Crippen molar-refractivity contribution >= 4 is 0 Å². The third-order valence-corrected chi connectivity index (χ3v) is 27.3. The standard InChI is InChI=1S/C21H26.2C4H9.Zr/c1-21(2,19-11-15-7-3-4-8-16(15)12-19)20-13-17-9-5-6-10-18(17)14-20;2*1-3-4-2;/h3-11,13,15-20H,12,14H2,1-2H3;2*1,3-4H2,2H3;. The van der Waals surface area contributed by atoms with Crippen LogP contribution in [0, 0.1) is 40.9 Å². The average Bonchev–Trinajstić information content (AvgIpc) is 3.35. The fourth-order valence-corrected chi connectivity index (χ4v) is 31.6. The van der Waals surface area contributed by atoms with Crippen molar-refractivity contribution in [2.24, 2.45) is 40.9 Å². The Labute approximate surface area is 190 Å². The Morgan fingerprint density at radius 1 is 0.700 bits per heavy atom. The predicted octanol–water partition coefficient (Wildman–Crippen LogP) is 8.95. The molecule has 164 valence electrons. The van der Waals surface area contributed by atoms with Gasteiger partial charge in [0.1, 0.15) is 0 Å². The Morgan fingerprint density at radius 2 is 1.13 bits per heavy atom. The van der Waals surface area contributed by atoms with Crippen molar-refractivity contribution in [3.8, 4) is 0 Å². The molecule has 0 aromatic carbocycles. The molecule has 5 rings (SSSR count). The molecule has 0 amide bonds. The third kappa shape index (κ3) is 3.15. The molecule has 0 nitrogen and oxygen atoms in total. The summed E-state index contributed by atoms with van der Waals surface area (Å²) in [6, 6.07) is 0. The molecular formula is C29H44Zr. The van der Waals surface area contributed by atoms with Gasteiger partial charge in [-0.3, -0.25) is 0 Å². The van der Waals surface area contributed by atoms with E-state index in [2.05, 4.69) is 76.3 Å². The van der Waals surface area contributed by atoms with Gasteiger partial charge in [-0.25, -0.2) is 0 Å². The van der Waals surface area contributed by atoms with Gasteiger partial charge in [0.25, 0.3) is 0 Å². The summed E-state index contributed by atoms with van der Waals surface area (Å²) in [4.78, 5) is 0. The maximum absolute atomic E-state index is 2.72. The van der Waals surface area contributed by atoms with Crippen LogP contribution in [0.1, 0.15) is 66.2 Å².